The fourth-order valence-electron chi connectivity index (χ4n) is 2.50. The molecule has 1 saturated heterocycles. The summed E-state index contributed by atoms with van der Waals surface area (Å²) in [6.07, 6.45) is 1.06. The molecule has 0 spiro atoms. The second kappa shape index (κ2) is 3.23. The first-order valence-corrected chi connectivity index (χ1v) is 4.95. The van der Waals surface area contributed by atoms with E-state index in [4.69, 9.17) is 10.6 Å². The number of hydrogen-bond donors (Lipinski definition) is 2. The molecule has 78 valence electrons. The average molecular weight is 186 g/mol. The van der Waals surface area contributed by atoms with Gasteiger partial charge in [-0.2, -0.15) is 0 Å². The monoisotopic (exact) mass is 186 g/mol. The Morgan fingerprint density at radius 2 is 1.92 bits per heavy atom. The van der Waals surface area contributed by atoms with Crippen molar-refractivity contribution in [3.05, 3.63) is 0 Å². The van der Waals surface area contributed by atoms with Crippen LogP contribution in [0.3, 0.4) is 0 Å². The van der Waals surface area contributed by atoms with Gasteiger partial charge in [0, 0.05) is 12.0 Å². The Morgan fingerprint density at radius 1 is 1.38 bits per heavy atom. The smallest absolute Gasteiger partial charge is 0.0678 e. The lowest BCUT2D eigenvalue weighted by Crippen LogP contribution is -2.45. The van der Waals surface area contributed by atoms with E-state index in [9.17, 15) is 0 Å². The quantitative estimate of drug-likeness (QED) is 0.506. The van der Waals surface area contributed by atoms with E-state index in [1.807, 2.05) is 0 Å². The van der Waals surface area contributed by atoms with Gasteiger partial charge in [-0.1, -0.05) is 0 Å². The predicted molar refractivity (Wildman–Crippen MR) is 54.1 cm³/mol. The van der Waals surface area contributed by atoms with Gasteiger partial charge in [-0.05, 0) is 41.0 Å². The molecule has 0 aliphatic carbocycles. The van der Waals surface area contributed by atoms with Crippen molar-refractivity contribution >= 4 is 0 Å². The molecule has 1 aliphatic heterocycles. The van der Waals surface area contributed by atoms with Crippen LogP contribution in [0, 0.1) is 5.92 Å². The molecule has 0 aromatic carbocycles. The van der Waals surface area contributed by atoms with Crippen LogP contribution in [0.15, 0.2) is 0 Å². The molecular weight excluding hydrogens is 164 g/mol. The topological polar surface area (TPSA) is 47.3 Å². The zero-order valence-electron chi connectivity index (χ0n) is 9.35. The molecule has 0 bridgehead atoms. The Morgan fingerprint density at radius 3 is 2.23 bits per heavy atom. The molecule has 13 heavy (non-hydrogen) atoms. The van der Waals surface area contributed by atoms with E-state index in [0.29, 0.717) is 12.0 Å². The highest BCUT2D eigenvalue weighted by Gasteiger charge is 2.47. The van der Waals surface area contributed by atoms with Gasteiger partial charge in [0.05, 0.1) is 11.2 Å². The van der Waals surface area contributed by atoms with Crippen LogP contribution in [0.5, 0.6) is 0 Å². The Bertz CT molecular complexity index is 189. The fourth-order valence-corrected chi connectivity index (χ4v) is 2.50. The van der Waals surface area contributed by atoms with Crippen molar-refractivity contribution in [3.8, 4) is 0 Å². The van der Waals surface area contributed by atoms with E-state index in [2.05, 4.69) is 40.0 Å². The standard InChI is InChI=1S/C10H22N2O/c1-7(12-11)8-6-9(2,3)13-10(8,4)5/h7-8,12H,6,11H2,1-5H3. The zero-order valence-corrected chi connectivity index (χ0v) is 9.35. The summed E-state index contributed by atoms with van der Waals surface area (Å²) in [4.78, 5) is 0. The van der Waals surface area contributed by atoms with Gasteiger partial charge in [-0.25, -0.2) is 0 Å². The largest absolute Gasteiger partial charge is 0.369 e. The predicted octanol–water partition coefficient (Wildman–Crippen LogP) is 1.43. The summed E-state index contributed by atoms with van der Waals surface area (Å²) in [6, 6.07) is 0.303. The summed E-state index contributed by atoms with van der Waals surface area (Å²) in [7, 11) is 0. The molecule has 2 unspecified atom stereocenters. The summed E-state index contributed by atoms with van der Waals surface area (Å²) >= 11 is 0. The van der Waals surface area contributed by atoms with Gasteiger partial charge in [0.25, 0.3) is 0 Å². The van der Waals surface area contributed by atoms with Gasteiger partial charge in [0.2, 0.25) is 0 Å². The van der Waals surface area contributed by atoms with E-state index in [0.717, 1.165) is 6.42 Å². The van der Waals surface area contributed by atoms with Gasteiger partial charge in [-0.3, -0.25) is 11.3 Å². The van der Waals surface area contributed by atoms with Gasteiger partial charge in [-0.15, -0.1) is 0 Å². The summed E-state index contributed by atoms with van der Waals surface area (Å²) in [5.41, 5.74) is 2.73. The van der Waals surface area contributed by atoms with Crippen LogP contribution in [0.1, 0.15) is 41.0 Å². The van der Waals surface area contributed by atoms with Crippen LogP contribution in [-0.2, 0) is 4.74 Å². The van der Waals surface area contributed by atoms with Crippen LogP contribution in [0.25, 0.3) is 0 Å². The van der Waals surface area contributed by atoms with Gasteiger partial charge >= 0.3 is 0 Å². The number of nitrogens with two attached hydrogens (primary N) is 1. The van der Waals surface area contributed by atoms with Crippen LogP contribution in [-0.4, -0.2) is 17.2 Å². The van der Waals surface area contributed by atoms with Crippen molar-refractivity contribution in [2.75, 3.05) is 0 Å². The molecule has 3 nitrogen and oxygen atoms in total. The second-order valence-electron chi connectivity index (χ2n) is 5.23. The summed E-state index contributed by atoms with van der Waals surface area (Å²) < 4.78 is 5.98. The second-order valence-corrected chi connectivity index (χ2v) is 5.23. The number of nitrogens with one attached hydrogen (secondary N) is 1. The van der Waals surface area contributed by atoms with Crippen molar-refractivity contribution in [2.24, 2.45) is 11.8 Å². The van der Waals surface area contributed by atoms with Gasteiger partial charge in [0.15, 0.2) is 0 Å². The fraction of sp³-hybridized carbons (Fsp3) is 1.00. The van der Waals surface area contributed by atoms with Crippen LogP contribution >= 0.6 is 0 Å². The first-order valence-electron chi connectivity index (χ1n) is 4.95. The Hall–Kier alpha value is -0.120. The van der Waals surface area contributed by atoms with E-state index in [1.54, 1.807) is 0 Å². The summed E-state index contributed by atoms with van der Waals surface area (Å²) in [5.74, 6) is 5.94. The summed E-state index contributed by atoms with van der Waals surface area (Å²) in [5, 5.41) is 0. The molecule has 1 fully saturated rings. The SMILES string of the molecule is CC(NN)C1CC(C)(C)OC1(C)C. The third-order valence-electron chi connectivity index (χ3n) is 3.01. The van der Waals surface area contributed by atoms with Crippen molar-refractivity contribution in [3.63, 3.8) is 0 Å². The molecule has 2 atom stereocenters. The Kier molecular flexibility index (Phi) is 2.72. The van der Waals surface area contributed by atoms with Crippen LogP contribution in [0.2, 0.25) is 0 Å². The molecule has 1 aliphatic rings. The lowest BCUT2D eigenvalue weighted by Gasteiger charge is -2.30. The lowest BCUT2D eigenvalue weighted by molar-refractivity contribution is -0.0771. The van der Waals surface area contributed by atoms with E-state index >= 15 is 0 Å². The molecule has 3 heteroatoms. The van der Waals surface area contributed by atoms with E-state index in [-0.39, 0.29) is 11.2 Å². The summed E-state index contributed by atoms with van der Waals surface area (Å²) in [6.45, 7) is 10.7. The molecular formula is C10H22N2O. The minimum absolute atomic E-state index is 0.0146. The Labute approximate surface area is 81.0 Å². The average Bonchev–Trinajstić information content (AvgIpc) is 2.17. The molecule has 0 amide bonds. The molecule has 1 rings (SSSR count). The zero-order chi connectivity index (χ0) is 10.3. The third-order valence-corrected chi connectivity index (χ3v) is 3.01. The minimum atomic E-state index is -0.0741. The molecule has 1 heterocycles. The Balaban J connectivity index is 2.76. The molecule has 0 aromatic rings. The maximum absolute atomic E-state index is 5.98. The number of rotatable bonds is 2. The number of hydrogen-bond acceptors (Lipinski definition) is 3. The first-order chi connectivity index (χ1) is 5.78. The first kappa shape index (κ1) is 11.0. The van der Waals surface area contributed by atoms with Gasteiger partial charge in [0.1, 0.15) is 0 Å². The molecule has 0 saturated carbocycles. The van der Waals surface area contributed by atoms with Crippen molar-refractivity contribution < 1.29 is 4.74 Å². The number of hydrazine groups is 1. The molecule has 0 radical (unpaired) electrons. The minimum Gasteiger partial charge on any atom is -0.369 e. The highest BCUT2D eigenvalue weighted by Crippen LogP contribution is 2.43. The van der Waals surface area contributed by atoms with Crippen LogP contribution < -0.4 is 11.3 Å². The number of ether oxygens (including phenoxy) is 1. The van der Waals surface area contributed by atoms with Gasteiger partial charge < -0.3 is 4.74 Å². The van der Waals surface area contributed by atoms with Crippen molar-refractivity contribution in [1.82, 2.24) is 5.43 Å². The maximum atomic E-state index is 5.98. The normalized spacial score (nSPS) is 33.2. The molecule has 0 aromatic heterocycles. The van der Waals surface area contributed by atoms with Crippen molar-refractivity contribution in [2.45, 2.75) is 58.3 Å². The maximum Gasteiger partial charge on any atom is 0.0678 e. The highest BCUT2D eigenvalue weighted by molar-refractivity contribution is 4.97. The third kappa shape index (κ3) is 2.22. The van der Waals surface area contributed by atoms with Crippen LogP contribution in [0.4, 0.5) is 0 Å². The molecule has 3 N–H and O–H groups in total. The van der Waals surface area contributed by atoms with E-state index in [1.165, 1.54) is 0 Å². The lowest BCUT2D eigenvalue weighted by atomic mass is 9.82. The highest BCUT2D eigenvalue weighted by atomic mass is 16.5. The van der Waals surface area contributed by atoms with Crippen molar-refractivity contribution in [1.29, 1.82) is 0 Å². The van der Waals surface area contributed by atoms with E-state index < -0.39 is 0 Å².